The van der Waals surface area contributed by atoms with Gasteiger partial charge in [-0.15, -0.1) is 10.2 Å². The van der Waals surface area contributed by atoms with Crippen molar-refractivity contribution in [3.8, 4) is 11.4 Å². The summed E-state index contributed by atoms with van der Waals surface area (Å²) in [5, 5.41) is 15.4. The van der Waals surface area contributed by atoms with Crippen molar-refractivity contribution in [3.63, 3.8) is 0 Å². The van der Waals surface area contributed by atoms with Crippen LogP contribution in [0.1, 0.15) is 43.5 Å². The second-order valence-corrected chi connectivity index (χ2v) is 10.2. The lowest BCUT2D eigenvalue weighted by molar-refractivity contribution is -0.143. The number of carbonyl (C=O) groups excluding carboxylic acids is 2. The van der Waals surface area contributed by atoms with Crippen LogP contribution in [-0.4, -0.2) is 42.5 Å². The average molecular weight is 515 g/mol. The SMILES string of the molecule is Cc1ccc([C@H](C(=O)NC(C)(C)C)N(Cc2ccccc2)C(=O)Cn2nnc(-c3ccc(F)cc3)n2)cc1. The summed E-state index contributed by atoms with van der Waals surface area (Å²) in [6.45, 7) is 7.64. The van der Waals surface area contributed by atoms with Gasteiger partial charge < -0.3 is 10.2 Å². The zero-order valence-corrected chi connectivity index (χ0v) is 21.9. The molecule has 1 N–H and O–H groups in total. The van der Waals surface area contributed by atoms with E-state index in [-0.39, 0.29) is 36.5 Å². The van der Waals surface area contributed by atoms with Crippen molar-refractivity contribution in [2.24, 2.45) is 0 Å². The number of nitrogens with zero attached hydrogens (tertiary/aromatic N) is 5. The molecule has 4 aromatic rings. The molecule has 1 atom stereocenters. The number of benzene rings is 3. The van der Waals surface area contributed by atoms with E-state index in [1.54, 1.807) is 17.0 Å². The largest absolute Gasteiger partial charge is 0.349 e. The van der Waals surface area contributed by atoms with Crippen LogP contribution in [0, 0.1) is 12.7 Å². The Balaban J connectivity index is 1.68. The van der Waals surface area contributed by atoms with Gasteiger partial charge in [0.05, 0.1) is 0 Å². The molecule has 8 nitrogen and oxygen atoms in total. The number of halogens is 1. The fraction of sp³-hybridized carbons (Fsp3) is 0.276. The first-order valence-electron chi connectivity index (χ1n) is 12.3. The quantitative estimate of drug-likeness (QED) is 0.375. The number of hydrogen-bond acceptors (Lipinski definition) is 5. The molecule has 4 rings (SSSR count). The van der Waals surface area contributed by atoms with Gasteiger partial charge in [-0.25, -0.2) is 4.39 Å². The van der Waals surface area contributed by atoms with Gasteiger partial charge in [0.25, 0.3) is 0 Å². The van der Waals surface area contributed by atoms with Crippen molar-refractivity contribution in [2.75, 3.05) is 0 Å². The second-order valence-electron chi connectivity index (χ2n) is 10.2. The summed E-state index contributed by atoms with van der Waals surface area (Å²) >= 11 is 0. The van der Waals surface area contributed by atoms with Gasteiger partial charge >= 0.3 is 0 Å². The number of amides is 2. The first kappa shape index (κ1) is 26.7. The number of rotatable bonds is 8. The van der Waals surface area contributed by atoms with E-state index < -0.39 is 11.6 Å². The Morgan fingerprint density at radius 3 is 2.26 bits per heavy atom. The maximum absolute atomic E-state index is 13.8. The maximum Gasteiger partial charge on any atom is 0.247 e. The van der Waals surface area contributed by atoms with E-state index in [1.807, 2.05) is 82.3 Å². The van der Waals surface area contributed by atoms with Gasteiger partial charge in [0.15, 0.2) is 0 Å². The highest BCUT2D eigenvalue weighted by molar-refractivity contribution is 5.89. The Bertz CT molecular complexity index is 1380. The molecule has 0 aliphatic heterocycles. The highest BCUT2D eigenvalue weighted by atomic mass is 19.1. The topological polar surface area (TPSA) is 93.0 Å². The zero-order chi connectivity index (χ0) is 27.3. The molecule has 0 aliphatic carbocycles. The molecule has 0 aliphatic rings. The smallest absolute Gasteiger partial charge is 0.247 e. The lowest BCUT2D eigenvalue weighted by Gasteiger charge is -2.33. The fourth-order valence-electron chi connectivity index (χ4n) is 4.00. The van der Waals surface area contributed by atoms with Crippen LogP contribution in [0.5, 0.6) is 0 Å². The van der Waals surface area contributed by atoms with Crippen LogP contribution in [0.2, 0.25) is 0 Å². The highest BCUT2D eigenvalue weighted by Crippen LogP contribution is 2.26. The molecule has 0 saturated carbocycles. The van der Waals surface area contributed by atoms with Crippen molar-refractivity contribution in [1.82, 2.24) is 30.4 Å². The van der Waals surface area contributed by atoms with Crippen LogP contribution in [0.3, 0.4) is 0 Å². The van der Waals surface area contributed by atoms with E-state index >= 15 is 0 Å². The van der Waals surface area contributed by atoms with Crippen LogP contribution < -0.4 is 5.32 Å². The van der Waals surface area contributed by atoms with E-state index in [0.717, 1.165) is 11.1 Å². The minimum Gasteiger partial charge on any atom is -0.349 e. The second kappa shape index (κ2) is 11.3. The molecule has 9 heteroatoms. The summed E-state index contributed by atoms with van der Waals surface area (Å²) in [5.74, 6) is -0.743. The molecule has 3 aromatic carbocycles. The van der Waals surface area contributed by atoms with E-state index in [4.69, 9.17) is 0 Å². The van der Waals surface area contributed by atoms with E-state index in [9.17, 15) is 14.0 Å². The molecular formula is C29H31FN6O2. The molecule has 196 valence electrons. The van der Waals surface area contributed by atoms with Crippen molar-refractivity contribution < 1.29 is 14.0 Å². The van der Waals surface area contributed by atoms with Crippen molar-refractivity contribution in [3.05, 3.63) is 101 Å². The first-order chi connectivity index (χ1) is 18.1. The Morgan fingerprint density at radius 2 is 1.63 bits per heavy atom. The summed E-state index contributed by atoms with van der Waals surface area (Å²) in [4.78, 5) is 30.2. The number of aryl methyl sites for hydroxylation is 1. The summed E-state index contributed by atoms with van der Waals surface area (Å²) in [5.41, 5.74) is 2.69. The van der Waals surface area contributed by atoms with Gasteiger partial charge in [-0.05, 0) is 68.3 Å². The monoisotopic (exact) mass is 514 g/mol. The van der Waals surface area contributed by atoms with Gasteiger partial charge in [-0.3, -0.25) is 9.59 Å². The molecule has 0 bridgehead atoms. The predicted molar refractivity (Wildman–Crippen MR) is 142 cm³/mol. The number of tetrazole rings is 1. The van der Waals surface area contributed by atoms with Crippen LogP contribution in [0.4, 0.5) is 4.39 Å². The van der Waals surface area contributed by atoms with Gasteiger partial charge in [-0.2, -0.15) is 4.80 Å². The maximum atomic E-state index is 13.8. The highest BCUT2D eigenvalue weighted by Gasteiger charge is 2.33. The van der Waals surface area contributed by atoms with Crippen molar-refractivity contribution in [1.29, 1.82) is 0 Å². The van der Waals surface area contributed by atoms with Gasteiger partial charge in [0, 0.05) is 17.6 Å². The number of carbonyl (C=O) groups is 2. The lowest BCUT2D eigenvalue weighted by Crippen LogP contribution is -2.49. The molecule has 1 heterocycles. The summed E-state index contributed by atoms with van der Waals surface area (Å²) in [6.07, 6.45) is 0. The summed E-state index contributed by atoms with van der Waals surface area (Å²) in [7, 11) is 0. The molecule has 0 fully saturated rings. The van der Waals surface area contributed by atoms with Crippen LogP contribution in [0.25, 0.3) is 11.4 Å². The summed E-state index contributed by atoms with van der Waals surface area (Å²) in [6, 6.07) is 21.9. The number of aromatic nitrogens is 4. The van der Waals surface area contributed by atoms with Gasteiger partial charge in [0.2, 0.25) is 17.6 Å². The Labute approximate surface area is 221 Å². The third-order valence-corrected chi connectivity index (χ3v) is 5.80. The average Bonchev–Trinajstić information content (AvgIpc) is 3.33. The Morgan fingerprint density at radius 1 is 0.974 bits per heavy atom. The third kappa shape index (κ3) is 6.88. The van der Waals surface area contributed by atoms with Gasteiger partial charge in [-0.1, -0.05) is 60.2 Å². The van der Waals surface area contributed by atoms with Crippen LogP contribution in [0.15, 0.2) is 78.9 Å². The first-order valence-corrected chi connectivity index (χ1v) is 12.3. The molecule has 0 spiro atoms. The molecule has 2 amide bonds. The minimum absolute atomic E-state index is 0.204. The molecular weight excluding hydrogens is 483 g/mol. The normalized spacial score (nSPS) is 12.1. The fourth-order valence-corrected chi connectivity index (χ4v) is 4.00. The Hall–Kier alpha value is -4.40. The van der Waals surface area contributed by atoms with Crippen LogP contribution >= 0.6 is 0 Å². The van der Waals surface area contributed by atoms with E-state index in [0.29, 0.717) is 11.1 Å². The summed E-state index contributed by atoms with van der Waals surface area (Å²) < 4.78 is 13.3. The molecule has 0 saturated heterocycles. The molecule has 38 heavy (non-hydrogen) atoms. The van der Waals surface area contributed by atoms with Crippen molar-refractivity contribution in [2.45, 2.75) is 52.4 Å². The molecule has 0 radical (unpaired) electrons. The van der Waals surface area contributed by atoms with E-state index in [1.165, 1.54) is 16.9 Å². The molecule has 0 unspecified atom stereocenters. The molecule has 1 aromatic heterocycles. The predicted octanol–water partition coefficient (Wildman–Crippen LogP) is 4.47. The number of hydrogen-bond donors (Lipinski definition) is 1. The number of nitrogens with one attached hydrogen (secondary N) is 1. The van der Waals surface area contributed by atoms with Crippen molar-refractivity contribution >= 4 is 11.8 Å². The minimum atomic E-state index is -0.886. The zero-order valence-electron chi connectivity index (χ0n) is 21.9. The van der Waals surface area contributed by atoms with E-state index in [2.05, 4.69) is 20.7 Å². The third-order valence-electron chi connectivity index (χ3n) is 5.80. The van der Waals surface area contributed by atoms with Gasteiger partial charge in [0.1, 0.15) is 18.4 Å². The Kier molecular flexibility index (Phi) is 7.95. The standard InChI is InChI=1S/C29H31FN6O2/c1-20-10-12-22(13-11-20)26(28(38)31-29(2,3)4)35(18-21-8-6-5-7-9-21)25(37)19-36-33-27(32-34-36)23-14-16-24(30)17-15-23/h5-17,26H,18-19H2,1-4H3,(H,31,38)/t26-/m1/s1. The lowest BCUT2D eigenvalue weighted by atomic mass is 9.99. The van der Waals surface area contributed by atoms with Crippen LogP contribution in [-0.2, 0) is 22.7 Å².